The summed E-state index contributed by atoms with van der Waals surface area (Å²) in [7, 11) is 0. The van der Waals surface area contributed by atoms with Crippen LogP contribution in [0.1, 0.15) is 81.4 Å². The highest BCUT2D eigenvalue weighted by atomic mass is 16.5. The Kier molecular flexibility index (Phi) is 9.56. The van der Waals surface area contributed by atoms with Crippen LogP contribution in [0.3, 0.4) is 0 Å². The molecule has 4 aromatic rings. The van der Waals surface area contributed by atoms with Gasteiger partial charge in [-0.1, -0.05) is 48.0 Å². The molecule has 0 unspecified atom stereocenters. The molecular weight excluding hydrogens is 691 g/mol. The first-order chi connectivity index (χ1) is 26.8. The van der Waals surface area contributed by atoms with Crippen molar-refractivity contribution in [1.29, 1.82) is 0 Å². The first-order valence-corrected chi connectivity index (χ1v) is 19.9. The first-order valence-electron chi connectivity index (χ1n) is 19.9. The van der Waals surface area contributed by atoms with Crippen molar-refractivity contribution in [1.82, 2.24) is 15.1 Å². The number of aromatic hydroxyl groups is 1. The van der Waals surface area contributed by atoms with Crippen molar-refractivity contribution in [3.05, 3.63) is 124 Å². The minimum absolute atomic E-state index is 0.0366. The molecular formula is C45H49N5O5. The number of carbonyl (C=O) groups is 3. The molecule has 0 radical (unpaired) electrons. The summed E-state index contributed by atoms with van der Waals surface area (Å²) in [6.45, 7) is 10.1. The number of piperidine rings is 2. The molecule has 5 aliphatic rings. The fourth-order valence-electron chi connectivity index (χ4n) is 9.44. The van der Waals surface area contributed by atoms with Gasteiger partial charge in [0, 0.05) is 81.6 Å². The van der Waals surface area contributed by atoms with E-state index in [0.717, 1.165) is 62.6 Å². The predicted octanol–water partition coefficient (Wildman–Crippen LogP) is 5.90. The predicted molar refractivity (Wildman–Crippen MR) is 211 cm³/mol. The zero-order valence-electron chi connectivity index (χ0n) is 31.5. The number of carbonyl (C=O) groups excluding carboxylic acids is 3. The minimum atomic E-state index is -0.590. The maximum atomic E-state index is 13.2. The van der Waals surface area contributed by atoms with Gasteiger partial charge in [-0.25, -0.2) is 0 Å². The Balaban J connectivity index is 0.783. The summed E-state index contributed by atoms with van der Waals surface area (Å²) in [5, 5.41) is 12.6. The number of nitrogens with zero attached hydrogens (tertiary/aromatic N) is 4. The fraction of sp³-hybridized carbons (Fsp3) is 0.400. The lowest BCUT2D eigenvalue weighted by atomic mass is 9.79. The van der Waals surface area contributed by atoms with E-state index in [1.54, 1.807) is 11.0 Å². The van der Waals surface area contributed by atoms with E-state index >= 15 is 0 Å². The fourth-order valence-corrected chi connectivity index (χ4v) is 9.44. The smallest absolute Gasteiger partial charge is 0.255 e. The van der Waals surface area contributed by atoms with Crippen LogP contribution >= 0.6 is 0 Å². The van der Waals surface area contributed by atoms with Crippen LogP contribution in [-0.4, -0.2) is 84.5 Å². The van der Waals surface area contributed by atoms with Gasteiger partial charge in [-0.15, -0.1) is 0 Å². The van der Waals surface area contributed by atoms with Crippen molar-refractivity contribution >= 4 is 29.1 Å². The first kappa shape index (κ1) is 35.5. The molecule has 0 aromatic heterocycles. The SMILES string of the molecule is Cc1ccc([C@@H]2OCc3cc(O)ccc3[C@@H]2c2ccc(N3CCC(CN4CCN(c5ccc6c(c5)CN([C@H]5CCC(=O)NC5=O)C6=O)CC4)CC3)cc2)cc1. The van der Waals surface area contributed by atoms with E-state index < -0.39 is 6.04 Å². The van der Waals surface area contributed by atoms with Crippen LogP contribution in [0.25, 0.3) is 0 Å². The molecule has 3 saturated heterocycles. The molecule has 2 N–H and O–H groups in total. The van der Waals surface area contributed by atoms with Gasteiger partial charge < -0.3 is 24.5 Å². The number of nitrogens with one attached hydrogen (secondary N) is 1. The van der Waals surface area contributed by atoms with Crippen LogP contribution in [0.4, 0.5) is 11.4 Å². The Morgan fingerprint density at radius 3 is 2.20 bits per heavy atom. The van der Waals surface area contributed by atoms with Crippen LogP contribution in [0.2, 0.25) is 0 Å². The minimum Gasteiger partial charge on any atom is -0.508 e. The standard InChI is InChI=1S/C45H49N5O5/c1-29-2-4-32(5-3-29)43-42(38-13-11-37(51)25-34(38)28-55-43)31-6-8-35(9-7-31)48-18-16-30(17-19-48)26-47-20-22-49(23-21-47)36-10-12-39-33(24-36)27-50(45(39)54)40-14-15-41(52)46-44(40)53/h2-13,24-25,30,40,42-43,51H,14-23,26-28H2,1H3,(H,46,52,53)/t40-,42-,43-/m0/s1. The topological polar surface area (TPSA) is 106 Å². The number of benzene rings is 4. The molecule has 3 fully saturated rings. The number of piperazine rings is 1. The van der Waals surface area contributed by atoms with Gasteiger partial charge in [-0.3, -0.25) is 24.6 Å². The molecule has 10 heteroatoms. The summed E-state index contributed by atoms with van der Waals surface area (Å²) in [5.74, 6) is 0.214. The molecule has 284 valence electrons. The number of amides is 3. The summed E-state index contributed by atoms with van der Waals surface area (Å²) in [6.07, 6.45) is 2.89. The lowest BCUT2D eigenvalue weighted by molar-refractivity contribution is -0.136. The quantitative estimate of drug-likeness (QED) is 0.226. The summed E-state index contributed by atoms with van der Waals surface area (Å²) in [5.41, 5.74) is 9.88. The molecule has 10 nitrogen and oxygen atoms in total. The van der Waals surface area contributed by atoms with E-state index in [1.165, 1.54) is 40.8 Å². The van der Waals surface area contributed by atoms with Gasteiger partial charge in [0.15, 0.2) is 0 Å². The van der Waals surface area contributed by atoms with E-state index in [4.69, 9.17) is 4.74 Å². The largest absolute Gasteiger partial charge is 0.508 e. The van der Waals surface area contributed by atoms with Gasteiger partial charge in [0.05, 0.1) is 12.7 Å². The zero-order chi connectivity index (χ0) is 37.6. The lowest BCUT2D eigenvalue weighted by Crippen LogP contribution is -2.52. The third kappa shape index (κ3) is 7.09. The summed E-state index contributed by atoms with van der Waals surface area (Å²) in [6, 6.07) is 28.9. The molecule has 3 amide bonds. The van der Waals surface area contributed by atoms with Gasteiger partial charge in [-0.2, -0.15) is 0 Å². The Bertz CT molecular complexity index is 2090. The van der Waals surface area contributed by atoms with E-state index in [0.29, 0.717) is 31.1 Å². The second-order valence-corrected chi connectivity index (χ2v) is 16.1. The number of phenols is 1. The number of phenolic OH excluding ortho intramolecular Hbond substituents is 1. The number of rotatable bonds is 7. The highest BCUT2D eigenvalue weighted by Crippen LogP contribution is 2.46. The lowest BCUT2D eigenvalue weighted by Gasteiger charge is -2.40. The van der Waals surface area contributed by atoms with E-state index in [-0.39, 0.29) is 41.9 Å². The Morgan fingerprint density at radius 1 is 0.745 bits per heavy atom. The van der Waals surface area contributed by atoms with Crippen molar-refractivity contribution < 1.29 is 24.2 Å². The van der Waals surface area contributed by atoms with Crippen molar-refractivity contribution in [2.24, 2.45) is 5.92 Å². The Hall–Kier alpha value is -5.19. The summed E-state index contributed by atoms with van der Waals surface area (Å²) >= 11 is 0. The summed E-state index contributed by atoms with van der Waals surface area (Å²) < 4.78 is 6.49. The van der Waals surface area contributed by atoms with Crippen LogP contribution in [-0.2, 0) is 27.5 Å². The second-order valence-electron chi connectivity index (χ2n) is 16.1. The van der Waals surface area contributed by atoms with Gasteiger partial charge in [0.2, 0.25) is 11.8 Å². The second kappa shape index (κ2) is 14.8. The van der Waals surface area contributed by atoms with Crippen LogP contribution < -0.4 is 15.1 Å². The Morgan fingerprint density at radius 2 is 1.45 bits per heavy atom. The van der Waals surface area contributed by atoms with Gasteiger partial charge >= 0.3 is 0 Å². The molecule has 9 rings (SSSR count). The monoisotopic (exact) mass is 739 g/mol. The Labute approximate surface area is 322 Å². The van der Waals surface area contributed by atoms with Gasteiger partial charge in [-0.05, 0) is 102 Å². The molecule has 5 heterocycles. The highest BCUT2D eigenvalue weighted by Gasteiger charge is 2.39. The third-order valence-corrected chi connectivity index (χ3v) is 12.6. The molecule has 0 bridgehead atoms. The number of hydrogen-bond acceptors (Lipinski definition) is 8. The third-order valence-electron chi connectivity index (χ3n) is 12.6. The highest BCUT2D eigenvalue weighted by molar-refractivity contribution is 6.05. The molecule has 55 heavy (non-hydrogen) atoms. The number of ether oxygens (including phenoxy) is 1. The van der Waals surface area contributed by atoms with E-state index in [9.17, 15) is 19.5 Å². The number of imide groups is 1. The maximum absolute atomic E-state index is 13.2. The average molecular weight is 740 g/mol. The molecule has 0 saturated carbocycles. The maximum Gasteiger partial charge on any atom is 0.255 e. The van der Waals surface area contributed by atoms with Crippen molar-refractivity contribution in [2.75, 3.05) is 55.6 Å². The average Bonchev–Trinajstić information content (AvgIpc) is 3.53. The molecule has 0 aliphatic carbocycles. The molecule has 5 aliphatic heterocycles. The van der Waals surface area contributed by atoms with Crippen LogP contribution in [0, 0.1) is 12.8 Å². The van der Waals surface area contributed by atoms with Crippen molar-refractivity contribution in [2.45, 2.75) is 63.8 Å². The molecule has 4 aromatic carbocycles. The zero-order valence-corrected chi connectivity index (χ0v) is 31.5. The number of hydrogen-bond donors (Lipinski definition) is 2. The summed E-state index contributed by atoms with van der Waals surface area (Å²) in [4.78, 5) is 46.4. The normalized spacial score (nSPS) is 23.5. The number of aryl methyl sites for hydroxylation is 1. The van der Waals surface area contributed by atoms with Crippen LogP contribution in [0.5, 0.6) is 5.75 Å². The number of fused-ring (bicyclic) bond motifs is 2. The van der Waals surface area contributed by atoms with E-state index in [1.807, 2.05) is 18.2 Å². The van der Waals surface area contributed by atoms with Crippen molar-refractivity contribution in [3.8, 4) is 5.75 Å². The van der Waals surface area contributed by atoms with Gasteiger partial charge in [0.25, 0.3) is 5.91 Å². The van der Waals surface area contributed by atoms with Crippen LogP contribution in [0.15, 0.2) is 84.9 Å². The number of anilines is 2. The van der Waals surface area contributed by atoms with E-state index in [2.05, 4.69) is 87.6 Å². The molecule has 3 atom stereocenters. The van der Waals surface area contributed by atoms with Crippen molar-refractivity contribution in [3.63, 3.8) is 0 Å². The van der Waals surface area contributed by atoms with Gasteiger partial charge in [0.1, 0.15) is 11.8 Å². The molecule has 0 spiro atoms.